The van der Waals surface area contributed by atoms with Gasteiger partial charge in [-0.15, -0.1) is 0 Å². The number of para-hydroxylation sites is 3. The molecule has 1 aliphatic heterocycles. The number of ketones is 1. The number of benzene rings is 2. The lowest BCUT2D eigenvalue weighted by Crippen LogP contribution is -2.39. The lowest BCUT2D eigenvalue weighted by atomic mass is 10.0. The molecule has 162 valence electrons. The Balaban J connectivity index is 1.20. The van der Waals surface area contributed by atoms with Crippen LogP contribution in [0.3, 0.4) is 0 Å². The van der Waals surface area contributed by atoms with Crippen LogP contribution in [0.1, 0.15) is 28.8 Å². The number of rotatable bonds is 6. The Hall–Kier alpha value is -3.94. The van der Waals surface area contributed by atoms with Crippen molar-refractivity contribution in [1.82, 2.24) is 19.9 Å². The molecule has 8 nitrogen and oxygen atoms in total. The maximum atomic E-state index is 12.8. The fourth-order valence-electron chi connectivity index (χ4n) is 4.01. The van der Waals surface area contributed by atoms with Crippen LogP contribution in [-0.2, 0) is 0 Å². The Kier molecular flexibility index (Phi) is 5.41. The van der Waals surface area contributed by atoms with Crippen molar-refractivity contribution in [2.45, 2.75) is 18.9 Å². The summed E-state index contributed by atoms with van der Waals surface area (Å²) in [7, 11) is 1.55. The number of imidazole rings is 1. The average Bonchev–Trinajstić information content (AvgIpc) is 3.29. The third-order valence-corrected chi connectivity index (χ3v) is 5.77. The Morgan fingerprint density at radius 2 is 1.78 bits per heavy atom. The van der Waals surface area contributed by atoms with Crippen molar-refractivity contribution in [2.75, 3.05) is 30.4 Å². The highest BCUT2D eigenvalue weighted by atomic mass is 16.5. The van der Waals surface area contributed by atoms with Crippen molar-refractivity contribution >= 4 is 28.7 Å². The van der Waals surface area contributed by atoms with Crippen molar-refractivity contribution in [2.24, 2.45) is 0 Å². The molecule has 1 saturated heterocycles. The lowest BCUT2D eigenvalue weighted by molar-refractivity contribution is 0.103. The van der Waals surface area contributed by atoms with E-state index in [0.29, 0.717) is 22.8 Å². The molecule has 0 unspecified atom stereocenters. The number of hydrogen-bond donors (Lipinski definition) is 2. The van der Waals surface area contributed by atoms with E-state index in [4.69, 9.17) is 9.72 Å². The first-order valence-electron chi connectivity index (χ1n) is 10.7. The van der Waals surface area contributed by atoms with Crippen molar-refractivity contribution < 1.29 is 9.53 Å². The molecule has 0 spiro atoms. The number of nitrogens with one attached hydrogen (secondary N) is 2. The van der Waals surface area contributed by atoms with Gasteiger partial charge in [-0.25, -0.2) is 15.0 Å². The first-order valence-corrected chi connectivity index (χ1v) is 10.7. The number of fused-ring (bicyclic) bond motifs is 1. The van der Waals surface area contributed by atoms with E-state index in [9.17, 15) is 4.79 Å². The van der Waals surface area contributed by atoms with E-state index >= 15 is 0 Å². The topological polar surface area (TPSA) is 96.0 Å². The normalized spacial score (nSPS) is 14.5. The zero-order valence-electron chi connectivity index (χ0n) is 17.8. The third-order valence-electron chi connectivity index (χ3n) is 5.77. The van der Waals surface area contributed by atoms with Gasteiger partial charge in [0.2, 0.25) is 11.9 Å². The van der Waals surface area contributed by atoms with Crippen molar-refractivity contribution in [1.29, 1.82) is 0 Å². The van der Waals surface area contributed by atoms with Gasteiger partial charge in [0, 0.05) is 31.5 Å². The summed E-state index contributed by atoms with van der Waals surface area (Å²) in [4.78, 5) is 31.9. The van der Waals surface area contributed by atoms with Gasteiger partial charge >= 0.3 is 0 Å². The van der Waals surface area contributed by atoms with E-state index in [0.717, 1.165) is 42.9 Å². The fourth-order valence-corrected chi connectivity index (χ4v) is 4.01. The molecule has 0 aliphatic carbocycles. The minimum absolute atomic E-state index is 0.159. The SMILES string of the molecule is COc1ccccc1C(=O)c1cnc(NC2CCN(c3nc4ccccc4[nH]3)CC2)nc1. The number of anilines is 2. The fraction of sp³-hybridized carbons (Fsp3) is 0.250. The van der Waals surface area contributed by atoms with Crippen LogP contribution < -0.4 is 15.0 Å². The van der Waals surface area contributed by atoms with E-state index in [-0.39, 0.29) is 11.8 Å². The number of piperidine rings is 1. The Morgan fingerprint density at radius 1 is 1.06 bits per heavy atom. The molecule has 0 bridgehead atoms. The summed E-state index contributed by atoms with van der Waals surface area (Å²) in [5.74, 6) is 1.83. The summed E-state index contributed by atoms with van der Waals surface area (Å²) >= 11 is 0. The largest absolute Gasteiger partial charge is 0.496 e. The number of carbonyl (C=O) groups excluding carboxylic acids is 1. The molecule has 32 heavy (non-hydrogen) atoms. The smallest absolute Gasteiger partial charge is 0.222 e. The Bertz CT molecular complexity index is 1200. The van der Waals surface area contributed by atoms with Crippen LogP contribution in [0.2, 0.25) is 0 Å². The molecule has 0 radical (unpaired) electrons. The van der Waals surface area contributed by atoms with Crippen LogP contribution in [0.5, 0.6) is 5.75 Å². The van der Waals surface area contributed by atoms with Crippen LogP contribution in [0, 0.1) is 0 Å². The average molecular weight is 428 g/mol. The number of nitrogens with zero attached hydrogens (tertiary/aromatic N) is 4. The molecule has 0 atom stereocenters. The maximum absolute atomic E-state index is 12.8. The molecule has 2 aromatic carbocycles. The summed E-state index contributed by atoms with van der Waals surface area (Å²) in [5.41, 5.74) is 2.97. The highest BCUT2D eigenvalue weighted by Gasteiger charge is 2.22. The number of aromatic amines is 1. The predicted octanol–water partition coefficient (Wildman–Crippen LogP) is 3.67. The van der Waals surface area contributed by atoms with Gasteiger partial charge in [-0.2, -0.15) is 0 Å². The standard InChI is InChI=1S/C24H24N6O2/c1-32-21-9-5-2-6-18(21)22(31)16-14-25-23(26-15-16)27-17-10-12-30(13-11-17)24-28-19-7-3-4-8-20(19)29-24/h2-9,14-15,17H,10-13H2,1H3,(H,28,29)(H,25,26,27). The number of carbonyl (C=O) groups is 1. The van der Waals surface area contributed by atoms with E-state index in [1.54, 1.807) is 31.6 Å². The van der Waals surface area contributed by atoms with Gasteiger partial charge in [0.1, 0.15) is 5.75 Å². The molecule has 3 heterocycles. The summed E-state index contributed by atoms with van der Waals surface area (Å²) < 4.78 is 5.29. The van der Waals surface area contributed by atoms with Crippen LogP contribution in [0.25, 0.3) is 11.0 Å². The molecule has 5 rings (SSSR count). The van der Waals surface area contributed by atoms with Gasteiger partial charge in [0.05, 0.1) is 29.3 Å². The van der Waals surface area contributed by atoms with E-state index < -0.39 is 0 Å². The van der Waals surface area contributed by atoms with E-state index in [1.807, 2.05) is 36.4 Å². The van der Waals surface area contributed by atoms with Gasteiger partial charge in [0.15, 0.2) is 5.78 Å². The molecule has 1 aliphatic rings. The zero-order valence-corrected chi connectivity index (χ0v) is 17.8. The van der Waals surface area contributed by atoms with E-state index in [2.05, 4.69) is 25.2 Å². The highest BCUT2D eigenvalue weighted by Crippen LogP contribution is 2.23. The quantitative estimate of drug-likeness (QED) is 0.452. The second-order valence-corrected chi connectivity index (χ2v) is 7.81. The second kappa shape index (κ2) is 8.66. The molecule has 8 heteroatoms. The van der Waals surface area contributed by atoms with Gasteiger partial charge in [-0.05, 0) is 37.1 Å². The molecular weight excluding hydrogens is 404 g/mol. The second-order valence-electron chi connectivity index (χ2n) is 7.81. The molecule has 2 aromatic heterocycles. The maximum Gasteiger partial charge on any atom is 0.222 e. The minimum Gasteiger partial charge on any atom is -0.496 e. The van der Waals surface area contributed by atoms with Gasteiger partial charge < -0.3 is 19.9 Å². The number of ether oxygens (including phenoxy) is 1. The summed E-state index contributed by atoms with van der Waals surface area (Å²) in [6.07, 6.45) is 5.02. The Labute approximate surface area is 185 Å². The number of H-pyrrole nitrogens is 1. The van der Waals surface area contributed by atoms with Gasteiger partial charge in [-0.3, -0.25) is 4.79 Å². The number of aromatic nitrogens is 4. The van der Waals surface area contributed by atoms with Crippen molar-refractivity contribution in [3.05, 3.63) is 72.1 Å². The first kappa shape index (κ1) is 20.0. The molecule has 2 N–H and O–H groups in total. The van der Waals surface area contributed by atoms with Crippen LogP contribution in [0.15, 0.2) is 60.9 Å². The predicted molar refractivity (Wildman–Crippen MR) is 123 cm³/mol. The van der Waals surface area contributed by atoms with Gasteiger partial charge in [0.25, 0.3) is 0 Å². The zero-order chi connectivity index (χ0) is 21.9. The molecule has 4 aromatic rings. The van der Waals surface area contributed by atoms with Crippen LogP contribution >= 0.6 is 0 Å². The first-order chi connectivity index (χ1) is 15.7. The van der Waals surface area contributed by atoms with Crippen molar-refractivity contribution in [3.63, 3.8) is 0 Å². The number of methoxy groups -OCH3 is 1. The molecular formula is C24H24N6O2. The van der Waals surface area contributed by atoms with Gasteiger partial charge in [-0.1, -0.05) is 24.3 Å². The third kappa shape index (κ3) is 3.99. The van der Waals surface area contributed by atoms with Crippen LogP contribution in [-0.4, -0.2) is 52.0 Å². The highest BCUT2D eigenvalue weighted by molar-refractivity contribution is 6.10. The summed E-state index contributed by atoms with van der Waals surface area (Å²) in [5, 5.41) is 3.39. The Morgan fingerprint density at radius 3 is 2.53 bits per heavy atom. The molecule has 0 amide bonds. The molecule has 0 saturated carbocycles. The number of hydrogen-bond acceptors (Lipinski definition) is 7. The van der Waals surface area contributed by atoms with Crippen LogP contribution in [0.4, 0.5) is 11.9 Å². The molecule has 1 fully saturated rings. The summed E-state index contributed by atoms with van der Waals surface area (Å²) in [6, 6.07) is 15.5. The van der Waals surface area contributed by atoms with E-state index in [1.165, 1.54) is 0 Å². The van der Waals surface area contributed by atoms with Crippen molar-refractivity contribution in [3.8, 4) is 5.75 Å². The minimum atomic E-state index is -0.159. The summed E-state index contributed by atoms with van der Waals surface area (Å²) in [6.45, 7) is 1.78. The lowest BCUT2D eigenvalue weighted by Gasteiger charge is -2.32. The monoisotopic (exact) mass is 428 g/mol.